The molecule has 1 heterocycles. The molecule has 21 heavy (non-hydrogen) atoms. The lowest BCUT2D eigenvalue weighted by Crippen LogP contribution is -2.41. The van der Waals surface area contributed by atoms with Crippen LogP contribution >= 0.6 is 0 Å². The van der Waals surface area contributed by atoms with Crippen LogP contribution in [0.5, 0.6) is 0 Å². The van der Waals surface area contributed by atoms with Crippen LogP contribution in [0, 0.1) is 11.8 Å². The third-order valence-corrected chi connectivity index (χ3v) is 4.56. The number of nitrogens with zero attached hydrogens (tertiary/aromatic N) is 1. The number of carbonyl (C=O) groups is 3. The zero-order chi connectivity index (χ0) is 15.2. The fraction of sp³-hybridized carbons (Fsp3) is 0.800. The molecule has 0 aromatic heterocycles. The Kier molecular flexibility index (Phi) is 5.59. The topological polar surface area (TPSA) is 86.7 Å². The fourth-order valence-electron chi connectivity index (χ4n) is 3.16. The monoisotopic (exact) mass is 296 g/mol. The van der Waals surface area contributed by atoms with Gasteiger partial charge in [-0.1, -0.05) is 12.8 Å². The van der Waals surface area contributed by atoms with E-state index in [1.54, 1.807) is 4.90 Å². The maximum Gasteiger partial charge on any atom is 0.306 e. The summed E-state index contributed by atoms with van der Waals surface area (Å²) in [6, 6.07) is 0. The van der Waals surface area contributed by atoms with Crippen molar-refractivity contribution < 1.29 is 19.5 Å². The second-order valence-electron chi connectivity index (χ2n) is 6.02. The van der Waals surface area contributed by atoms with Crippen molar-refractivity contribution in [2.75, 3.05) is 19.6 Å². The minimum Gasteiger partial charge on any atom is -0.481 e. The molecular weight excluding hydrogens is 272 g/mol. The summed E-state index contributed by atoms with van der Waals surface area (Å²) in [6.07, 6.45) is 5.51. The van der Waals surface area contributed by atoms with Gasteiger partial charge in [0.25, 0.3) is 0 Å². The standard InChI is InChI=1S/C15H24N2O4/c18-13(17-9-6-12(7-10-17)15(20)21)5-8-16-14(19)11-3-1-2-4-11/h11-12H,1-10H2,(H,16,19)(H,20,21). The molecule has 2 fully saturated rings. The highest BCUT2D eigenvalue weighted by atomic mass is 16.4. The fourth-order valence-corrected chi connectivity index (χ4v) is 3.16. The van der Waals surface area contributed by atoms with Gasteiger partial charge >= 0.3 is 5.97 Å². The van der Waals surface area contributed by atoms with E-state index in [0.29, 0.717) is 38.9 Å². The molecule has 0 aromatic carbocycles. The summed E-state index contributed by atoms with van der Waals surface area (Å²) >= 11 is 0. The zero-order valence-electron chi connectivity index (χ0n) is 12.3. The number of hydrogen-bond donors (Lipinski definition) is 2. The molecule has 2 rings (SSSR count). The van der Waals surface area contributed by atoms with E-state index in [1.807, 2.05) is 0 Å². The van der Waals surface area contributed by atoms with Gasteiger partial charge in [-0.25, -0.2) is 0 Å². The molecule has 1 aliphatic heterocycles. The Bertz CT molecular complexity index is 396. The minimum atomic E-state index is -0.772. The number of amides is 2. The molecule has 1 saturated heterocycles. The van der Waals surface area contributed by atoms with Crippen LogP contribution < -0.4 is 5.32 Å². The minimum absolute atomic E-state index is 0.00515. The maximum absolute atomic E-state index is 12.0. The summed E-state index contributed by atoms with van der Waals surface area (Å²) in [5.41, 5.74) is 0. The van der Waals surface area contributed by atoms with Gasteiger partial charge in [0, 0.05) is 32.0 Å². The number of piperidine rings is 1. The van der Waals surface area contributed by atoms with Crippen molar-refractivity contribution >= 4 is 17.8 Å². The Morgan fingerprint density at radius 3 is 2.19 bits per heavy atom. The third-order valence-electron chi connectivity index (χ3n) is 4.56. The van der Waals surface area contributed by atoms with Crippen LogP contribution in [-0.4, -0.2) is 47.4 Å². The summed E-state index contributed by atoms with van der Waals surface area (Å²) in [7, 11) is 0. The Labute approximate surface area is 124 Å². The number of hydrogen-bond acceptors (Lipinski definition) is 3. The molecule has 1 saturated carbocycles. The van der Waals surface area contributed by atoms with Crippen LogP contribution in [0.2, 0.25) is 0 Å². The zero-order valence-corrected chi connectivity index (χ0v) is 12.3. The van der Waals surface area contributed by atoms with E-state index in [2.05, 4.69) is 5.32 Å². The predicted molar refractivity (Wildman–Crippen MR) is 76.5 cm³/mol. The van der Waals surface area contributed by atoms with E-state index in [1.165, 1.54) is 0 Å². The van der Waals surface area contributed by atoms with Gasteiger partial charge < -0.3 is 15.3 Å². The van der Waals surface area contributed by atoms with Gasteiger partial charge in [0.15, 0.2) is 0 Å². The van der Waals surface area contributed by atoms with E-state index in [4.69, 9.17) is 5.11 Å². The SMILES string of the molecule is O=C(O)C1CCN(C(=O)CCNC(=O)C2CCCC2)CC1. The van der Waals surface area contributed by atoms with Crippen molar-refractivity contribution in [1.29, 1.82) is 0 Å². The molecule has 0 aromatic rings. The molecular formula is C15H24N2O4. The first-order valence-electron chi connectivity index (χ1n) is 7.86. The largest absolute Gasteiger partial charge is 0.481 e. The number of nitrogens with one attached hydrogen (secondary N) is 1. The Morgan fingerprint density at radius 1 is 1.00 bits per heavy atom. The highest BCUT2D eigenvalue weighted by molar-refractivity contribution is 5.81. The van der Waals surface area contributed by atoms with E-state index in [0.717, 1.165) is 25.7 Å². The van der Waals surface area contributed by atoms with Crippen molar-refractivity contribution in [2.24, 2.45) is 11.8 Å². The van der Waals surface area contributed by atoms with E-state index in [-0.39, 0.29) is 23.7 Å². The molecule has 2 aliphatic rings. The molecule has 118 valence electrons. The molecule has 0 spiro atoms. The average Bonchev–Trinajstić information content (AvgIpc) is 3.01. The highest BCUT2D eigenvalue weighted by Crippen LogP contribution is 2.24. The highest BCUT2D eigenvalue weighted by Gasteiger charge is 2.27. The molecule has 0 unspecified atom stereocenters. The van der Waals surface area contributed by atoms with Crippen molar-refractivity contribution in [3.63, 3.8) is 0 Å². The lowest BCUT2D eigenvalue weighted by Gasteiger charge is -2.30. The Balaban J connectivity index is 1.63. The first-order valence-corrected chi connectivity index (χ1v) is 7.86. The molecule has 0 radical (unpaired) electrons. The lowest BCUT2D eigenvalue weighted by atomic mass is 9.97. The number of likely N-dealkylation sites (tertiary alicyclic amines) is 1. The first kappa shape index (κ1) is 15.8. The normalized spacial score (nSPS) is 20.5. The van der Waals surface area contributed by atoms with Crippen LogP contribution in [0.1, 0.15) is 44.9 Å². The second-order valence-corrected chi connectivity index (χ2v) is 6.02. The van der Waals surface area contributed by atoms with Crippen LogP contribution in [0.15, 0.2) is 0 Å². The van der Waals surface area contributed by atoms with Gasteiger partial charge in [-0.05, 0) is 25.7 Å². The van der Waals surface area contributed by atoms with Crippen LogP contribution in [-0.2, 0) is 14.4 Å². The molecule has 0 atom stereocenters. The number of carboxylic acid groups (broad SMARTS) is 1. The molecule has 2 amide bonds. The van der Waals surface area contributed by atoms with Gasteiger partial charge in [-0.15, -0.1) is 0 Å². The van der Waals surface area contributed by atoms with E-state index in [9.17, 15) is 14.4 Å². The van der Waals surface area contributed by atoms with Gasteiger partial charge in [-0.3, -0.25) is 14.4 Å². The predicted octanol–water partition coefficient (Wildman–Crippen LogP) is 1.01. The van der Waals surface area contributed by atoms with Crippen LogP contribution in [0.4, 0.5) is 0 Å². The van der Waals surface area contributed by atoms with Crippen LogP contribution in [0.3, 0.4) is 0 Å². The smallest absolute Gasteiger partial charge is 0.306 e. The van der Waals surface area contributed by atoms with Crippen molar-refractivity contribution in [2.45, 2.75) is 44.9 Å². The van der Waals surface area contributed by atoms with Crippen molar-refractivity contribution in [3.8, 4) is 0 Å². The third kappa shape index (κ3) is 4.44. The molecule has 0 bridgehead atoms. The van der Waals surface area contributed by atoms with E-state index < -0.39 is 5.97 Å². The second kappa shape index (κ2) is 7.43. The first-order chi connectivity index (χ1) is 10.1. The molecule has 1 aliphatic carbocycles. The Morgan fingerprint density at radius 2 is 1.62 bits per heavy atom. The Hall–Kier alpha value is -1.59. The average molecular weight is 296 g/mol. The number of rotatable bonds is 5. The molecule has 6 heteroatoms. The quantitative estimate of drug-likeness (QED) is 0.792. The molecule has 2 N–H and O–H groups in total. The number of carbonyl (C=O) groups excluding carboxylic acids is 2. The number of aliphatic carboxylic acids is 1. The van der Waals surface area contributed by atoms with E-state index >= 15 is 0 Å². The van der Waals surface area contributed by atoms with Crippen LogP contribution in [0.25, 0.3) is 0 Å². The van der Waals surface area contributed by atoms with Gasteiger partial charge in [-0.2, -0.15) is 0 Å². The van der Waals surface area contributed by atoms with Crippen molar-refractivity contribution in [3.05, 3.63) is 0 Å². The lowest BCUT2D eigenvalue weighted by molar-refractivity contribution is -0.145. The maximum atomic E-state index is 12.0. The summed E-state index contributed by atoms with van der Waals surface area (Å²) < 4.78 is 0. The van der Waals surface area contributed by atoms with Gasteiger partial charge in [0.05, 0.1) is 5.92 Å². The summed E-state index contributed by atoms with van der Waals surface area (Å²) in [5, 5.41) is 11.8. The van der Waals surface area contributed by atoms with Gasteiger partial charge in [0.1, 0.15) is 0 Å². The summed E-state index contributed by atoms with van der Waals surface area (Å²) in [5.74, 6) is -0.885. The van der Waals surface area contributed by atoms with Crippen molar-refractivity contribution in [1.82, 2.24) is 10.2 Å². The summed E-state index contributed by atoms with van der Waals surface area (Å²) in [4.78, 5) is 36.4. The number of carboxylic acids is 1. The van der Waals surface area contributed by atoms with Gasteiger partial charge in [0.2, 0.25) is 11.8 Å². The summed E-state index contributed by atoms with van der Waals surface area (Å²) in [6.45, 7) is 1.39. The molecule has 6 nitrogen and oxygen atoms in total.